The standard InChI is InChI=1S/2C20H25NO3.2CH4/c2*1-4-13-11-16-12-15(7-10-18(16)21(2)20(13)23)19(22)14-5-8-17(24-3)9-6-14;;/h2*7,10-12,14,17H,4-6,8-9H2,1-3H3;2*1H4. The Morgan fingerprint density at radius 3 is 1.24 bits per heavy atom. The number of hydrogen-bond donors (Lipinski definition) is 0. The lowest BCUT2D eigenvalue weighted by Crippen LogP contribution is -2.25. The Kier molecular flexibility index (Phi) is 14.5. The van der Waals surface area contributed by atoms with Gasteiger partial charge in [0.15, 0.2) is 11.6 Å². The maximum atomic E-state index is 12.8. The van der Waals surface area contributed by atoms with Gasteiger partial charge in [-0.05, 0) is 124 Å². The van der Waals surface area contributed by atoms with Gasteiger partial charge in [-0.3, -0.25) is 19.2 Å². The molecule has 6 rings (SSSR count). The number of carbonyl (C=O) groups is 2. The first-order chi connectivity index (χ1) is 23.1. The molecule has 2 aliphatic rings. The fourth-order valence-electron chi connectivity index (χ4n) is 7.51. The number of nitrogens with zero attached hydrogens (tertiary/aromatic N) is 2. The highest BCUT2D eigenvalue weighted by Crippen LogP contribution is 2.31. The van der Waals surface area contributed by atoms with Gasteiger partial charge in [0, 0.05) is 62.4 Å². The maximum Gasteiger partial charge on any atom is 0.253 e. The molecule has 0 unspecified atom stereocenters. The van der Waals surface area contributed by atoms with Crippen LogP contribution in [0, 0.1) is 11.8 Å². The molecule has 0 aliphatic heterocycles. The minimum Gasteiger partial charge on any atom is -0.381 e. The van der Waals surface area contributed by atoms with E-state index in [9.17, 15) is 19.2 Å². The lowest BCUT2D eigenvalue weighted by molar-refractivity contribution is 0.0515. The molecule has 0 radical (unpaired) electrons. The summed E-state index contributed by atoms with van der Waals surface area (Å²) in [6.07, 6.45) is 9.37. The van der Waals surface area contributed by atoms with Crippen molar-refractivity contribution in [2.75, 3.05) is 14.2 Å². The fourth-order valence-corrected chi connectivity index (χ4v) is 7.51. The van der Waals surface area contributed by atoms with Gasteiger partial charge in [-0.1, -0.05) is 28.7 Å². The average Bonchev–Trinajstić information content (AvgIpc) is 3.13. The van der Waals surface area contributed by atoms with Crippen molar-refractivity contribution in [1.82, 2.24) is 9.13 Å². The number of carbonyl (C=O) groups excluding carboxylic acids is 2. The van der Waals surface area contributed by atoms with Gasteiger partial charge >= 0.3 is 0 Å². The summed E-state index contributed by atoms with van der Waals surface area (Å²) in [5.74, 6) is 0.621. The van der Waals surface area contributed by atoms with Crippen molar-refractivity contribution in [1.29, 1.82) is 0 Å². The Labute approximate surface area is 297 Å². The zero-order valence-electron chi connectivity index (χ0n) is 29.3. The van der Waals surface area contributed by atoms with Crippen LogP contribution in [0.25, 0.3) is 21.8 Å². The van der Waals surface area contributed by atoms with E-state index in [1.54, 1.807) is 37.4 Å². The Bertz CT molecular complexity index is 1770. The van der Waals surface area contributed by atoms with Gasteiger partial charge in [0.05, 0.1) is 23.2 Å². The van der Waals surface area contributed by atoms with Crippen molar-refractivity contribution >= 4 is 33.4 Å². The summed E-state index contributed by atoms with van der Waals surface area (Å²) in [6.45, 7) is 3.96. The van der Waals surface area contributed by atoms with Crippen molar-refractivity contribution in [2.45, 2.75) is 105 Å². The van der Waals surface area contributed by atoms with Crippen molar-refractivity contribution in [3.8, 4) is 0 Å². The van der Waals surface area contributed by atoms with Crippen molar-refractivity contribution in [3.05, 3.63) is 91.5 Å². The zero-order valence-corrected chi connectivity index (χ0v) is 29.3. The van der Waals surface area contributed by atoms with Crippen LogP contribution in [0.1, 0.15) is 112 Å². The SMILES string of the molecule is C.C.CCc1cc2cc(C(=O)C3CCC(OC)CC3)ccc2n(C)c1=O.CCc1cc2cc(C(=O)C3CCC(OC)CC3)ccc2n(C)c1=O. The van der Waals surface area contributed by atoms with Gasteiger partial charge in [0.1, 0.15) is 0 Å². The highest BCUT2D eigenvalue weighted by atomic mass is 16.5. The molecule has 0 saturated heterocycles. The van der Waals surface area contributed by atoms with E-state index in [4.69, 9.17) is 9.47 Å². The van der Waals surface area contributed by atoms with E-state index in [0.717, 1.165) is 95.4 Å². The van der Waals surface area contributed by atoms with Crippen LogP contribution in [0.2, 0.25) is 0 Å². The number of Topliss-reactive ketones (excluding diaryl/α,β-unsaturated/α-hetero) is 2. The summed E-state index contributed by atoms with van der Waals surface area (Å²) in [5, 5.41) is 1.93. The summed E-state index contributed by atoms with van der Waals surface area (Å²) in [4.78, 5) is 50.1. The topological polar surface area (TPSA) is 96.6 Å². The molecule has 0 spiro atoms. The van der Waals surface area contributed by atoms with Crippen LogP contribution in [0.15, 0.2) is 58.1 Å². The van der Waals surface area contributed by atoms with Crippen molar-refractivity contribution in [2.24, 2.45) is 25.9 Å². The molecule has 2 saturated carbocycles. The number of aromatic nitrogens is 2. The normalized spacial score (nSPS) is 20.3. The Hall–Kier alpha value is -3.88. The Balaban J connectivity index is 0.000000260. The summed E-state index contributed by atoms with van der Waals surface area (Å²) in [6, 6.07) is 15.2. The van der Waals surface area contributed by atoms with Crippen LogP contribution in [0.3, 0.4) is 0 Å². The molecule has 2 aromatic heterocycles. The number of rotatable bonds is 8. The molecular formula is C42H58N2O6. The van der Waals surface area contributed by atoms with Crippen molar-refractivity contribution < 1.29 is 19.1 Å². The van der Waals surface area contributed by atoms with Gasteiger partial charge in [0.2, 0.25) is 0 Å². The second-order valence-electron chi connectivity index (χ2n) is 13.5. The third-order valence-corrected chi connectivity index (χ3v) is 10.7. The average molecular weight is 687 g/mol. The largest absolute Gasteiger partial charge is 0.381 e. The number of pyridine rings is 2. The quantitative estimate of drug-likeness (QED) is 0.173. The molecule has 0 atom stereocenters. The highest BCUT2D eigenvalue weighted by molar-refractivity contribution is 6.01. The van der Waals surface area contributed by atoms with Crippen LogP contribution in [0.5, 0.6) is 0 Å². The number of benzene rings is 2. The monoisotopic (exact) mass is 686 g/mol. The minimum atomic E-state index is 0. The highest BCUT2D eigenvalue weighted by Gasteiger charge is 2.28. The third-order valence-electron chi connectivity index (χ3n) is 10.7. The van der Waals surface area contributed by atoms with Gasteiger partial charge in [0.25, 0.3) is 11.1 Å². The minimum absolute atomic E-state index is 0. The first-order valence-electron chi connectivity index (χ1n) is 17.5. The molecule has 272 valence electrons. The van der Waals surface area contributed by atoms with E-state index in [0.29, 0.717) is 25.0 Å². The molecule has 0 bridgehead atoms. The summed E-state index contributed by atoms with van der Waals surface area (Å²) < 4.78 is 14.1. The fraction of sp³-hybridized carbons (Fsp3) is 0.524. The lowest BCUT2D eigenvalue weighted by Gasteiger charge is -2.26. The van der Waals surface area contributed by atoms with E-state index in [-0.39, 0.29) is 49.4 Å². The van der Waals surface area contributed by atoms with Crippen LogP contribution in [-0.4, -0.2) is 47.1 Å². The predicted molar refractivity (Wildman–Crippen MR) is 205 cm³/mol. The molecule has 50 heavy (non-hydrogen) atoms. The van der Waals surface area contributed by atoms with Crippen molar-refractivity contribution in [3.63, 3.8) is 0 Å². The molecule has 2 aliphatic carbocycles. The molecular weight excluding hydrogens is 628 g/mol. The second kappa shape index (κ2) is 17.9. The maximum absolute atomic E-state index is 12.8. The first-order valence-corrected chi connectivity index (χ1v) is 17.5. The summed E-state index contributed by atoms with van der Waals surface area (Å²) >= 11 is 0. The molecule has 4 aromatic rings. The molecule has 8 nitrogen and oxygen atoms in total. The van der Waals surface area contributed by atoms with Crippen LogP contribution in [-0.2, 0) is 36.4 Å². The molecule has 0 amide bonds. The smallest absolute Gasteiger partial charge is 0.253 e. The summed E-state index contributed by atoms with van der Waals surface area (Å²) in [5.41, 5.74) is 4.91. The van der Waals surface area contributed by atoms with Gasteiger partial charge in [-0.15, -0.1) is 0 Å². The third kappa shape index (κ3) is 8.52. The number of ether oxygens (including phenoxy) is 2. The van der Waals surface area contributed by atoms with Crippen LogP contribution in [0.4, 0.5) is 0 Å². The Morgan fingerprint density at radius 1 is 0.600 bits per heavy atom. The van der Waals surface area contributed by atoms with Crippen LogP contribution >= 0.6 is 0 Å². The van der Waals surface area contributed by atoms with E-state index >= 15 is 0 Å². The van der Waals surface area contributed by atoms with Crippen LogP contribution < -0.4 is 11.1 Å². The number of aryl methyl sites for hydroxylation is 4. The summed E-state index contributed by atoms with van der Waals surface area (Å²) in [7, 11) is 7.06. The first kappa shape index (κ1) is 40.5. The number of hydrogen-bond acceptors (Lipinski definition) is 6. The van der Waals surface area contributed by atoms with E-state index in [1.807, 2.05) is 62.4 Å². The molecule has 0 N–H and O–H groups in total. The predicted octanol–water partition coefficient (Wildman–Crippen LogP) is 8.25. The molecule has 2 heterocycles. The molecule has 8 heteroatoms. The lowest BCUT2D eigenvalue weighted by atomic mass is 9.82. The number of ketones is 2. The van der Waals surface area contributed by atoms with E-state index < -0.39 is 0 Å². The molecule has 2 fully saturated rings. The van der Waals surface area contributed by atoms with Gasteiger partial charge < -0.3 is 18.6 Å². The van der Waals surface area contributed by atoms with Gasteiger partial charge in [-0.2, -0.15) is 0 Å². The van der Waals surface area contributed by atoms with E-state index in [1.165, 1.54) is 0 Å². The Morgan fingerprint density at radius 2 is 0.940 bits per heavy atom. The molecule has 2 aromatic carbocycles. The zero-order chi connectivity index (χ0) is 34.5. The number of methoxy groups -OCH3 is 2. The second-order valence-corrected chi connectivity index (χ2v) is 13.5. The van der Waals surface area contributed by atoms with E-state index in [2.05, 4.69) is 0 Å². The van der Waals surface area contributed by atoms with Gasteiger partial charge in [-0.25, -0.2) is 0 Å². The number of fused-ring (bicyclic) bond motifs is 2.